The summed E-state index contributed by atoms with van der Waals surface area (Å²) in [5.41, 5.74) is 4.03. The van der Waals surface area contributed by atoms with Crippen molar-refractivity contribution < 1.29 is 9.32 Å². The molecule has 1 amide bonds. The highest BCUT2D eigenvalue weighted by molar-refractivity contribution is 7.10. The van der Waals surface area contributed by atoms with E-state index in [1.807, 2.05) is 19.9 Å². The number of aryl methyl sites for hydroxylation is 3. The molecule has 6 heteroatoms. The van der Waals surface area contributed by atoms with Gasteiger partial charge in [0, 0.05) is 23.6 Å². The first kappa shape index (κ1) is 19.8. The number of benzene rings is 1. The number of fused-ring (bicyclic) bond motifs is 1. The molecule has 0 saturated carbocycles. The molecule has 1 aliphatic rings. The van der Waals surface area contributed by atoms with Crippen molar-refractivity contribution in [2.75, 3.05) is 0 Å². The Kier molecular flexibility index (Phi) is 6.09. The quantitative estimate of drug-likeness (QED) is 0.598. The first-order valence-electron chi connectivity index (χ1n) is 10.4. The minimum Gasteiger partial charge on any atom is -0.344 e. The molecule has 1 aromatic carbocycles. The van der Waals surface area contributed by atoms with Crippen molar-refractivity contribution >= 4 is 17.2 Å². The summed E-state index contributed by atoms with van der Waals surface area (Å²) in [4.78, 5) is 18.2. The van der Waals surface area contributed by atoms with Gasteiger partial charge in [0.05, 0.1) is 6.04 Å². The van der Waals surface area contributed by atoms with Crippen LogP contribution in [0.3, 0.4) is 0 Å². The summed E-state index contributed by atoms with van der Waals surface area (Å²) in [6.07, 6.45) is 5.58. The van der Waals surface area contributed by atoms with Crippen LogP contribution in [0.25, 0.3) is 0 Å². The molecule has 5 nitrogen and oxygen atoms in total. The number of rotatable bonds is 7. The molecule has 1 unspecified atom stereocenters. The highest BCUT2D eigenvalue weighted by Crippen LogP contribution is 2.30. The first-order valence-corrected chi connectivity index (χ1v) is 11.2. The Bertz CT molecular complexity index is 962. The second-order valence-corrected chi connectivity index (χ2v) is 8.93. The Morgan fingerprint density at radius 2 is 2.03 bits per heavy atom. The van der Waals surface area contributed by atoms with E-state index in [9.17, 15) is 4.79 Å². The van der Waals surface area contributed by atoms with Gasteiger partial charge in [0.25, 0.3) is 0 Å². The third-order valence-corrected chi connectivity index (χ3v) is 6.34. The van der Waals surface area contributed by atoms with Crippen LogP contribution in [0.4, 0.5) is 0 Å². The van der Waals surface area contributed by atoms with E-state index in [1.54, 1.807) is 11.3 Å². The molecule has 152 valence electrons. The van der Waals surface area contributed by atoms with Gasteiger partial charge in [0.15, 0.2) is 5.82 Å². The van der Waals surface area contributed by atoms with Crippen molar-refractivity contribution in [1.29, 1.82) is 0 Å². The third-order valence-electron chi connectivity index (χ3n) is 5.41. The summed E-state index contributed by atoms with van der Waals surface area (Å²) < 4.78 is 5.26. The normalized spacial score (nSPS) is 14.6. The summed E-state index contributed by atoms with van der Waals surface area (Å²) in [6.45, 7) is 4.04. The lowest BCUT2D eigenvalue weighted by Gasteiger charge is -2.22. The summed E-state index contributed by atoms with van der Waals surface area (Å²) >= 11 is 1.67. The zero-order chi connectivity index (χ0) is 20.2. The van der Waals surface area contributed by atoms with Crippen molar-refractivity contribution in [1.82, 2.24) is 15.5 Å². The Morgan fingerprint density at radius 1 is 1.21 bits per heavy atom. The number of carbonyl (C=O) groups excluding carboxylic acids is 1. The number of amides is 1. The lowest BCUT2D eigenvalue weighted by atomic mass is 9.89. The minimum absolute atomic E-state index is 0.00887. The fourth-order valence-electron chi connectivity index (χ4n) is 3.76. The van der Waals surface area contributed by atoms with Crippen molar-refractivity contribution in [3.05, 3.63) is 69.0 Å². The van der Waals surface area contributed by atoms with Gasteiger partial charge in [-0.1, -0.05) is 43.3 Å². The molecule has 3 aromatic rings. The fraction of sp³-hybridized carbons (Fsp3) is 0.435. The maximum Gasteiger partial charge on any atom is 0.227 e. The van der Waals surface area contributed by atoms with Crippen LogP contribution in [-0.2, 0) is 24.1 Å². The Balaban J connectivity index is 1.47. The van der Waals surface area contributed by atoms with E-state index in [0.29, 0.717) is 24.6 Å². The molecule has 1 aliphatic carbocycles. The van der Waals surface area contributed by atoms with Crippen LogP contribution in [0.1, 0.15) is 78.4 Å². The van der Waals surface area contributed by atoms with Gasteiger partial charge in [0.1, 0.15) is 0 Å². The van der Waals surface area contributed by atoms with E-state index in [1.165, 1.54) is 24.0 Å². The van der Waals surface area contributed by atoms with E-state index >= 15 is 0 Å². The molecule has 1 N–H and O–H groups in total. The predicted molar refractivity (Wildman–Crippen MR) is 114 cm³/mol. The van der Waals surface area contributed by atoms with E-state index in [-0.39, 0.29) is 17.9 Å². The molecule has 2 aromatic heterocycles. The zero-order valence-electron chi connectivity index (χ0n) is 17.0. The van der Waals surface area contributed by atoms with E-state index in [0.717, 1.165) is 23.3 Å². The zero-order valence-corrected chi connectivity index (χ0v) is 17.8. The molecule has 1 atom stereocenters. The fourth-order valence-corrected chi connectivity index (χ4v) is 4.57. The van der Waals surface area contributed by atoms with Gasteiger partial charge in [0.2, 0.25) is 11.8 Å². The van der Waals surface area contributed by atoms with Crippen molar-refractivity contribution in [3.63, 3.8) is 0 Å². The van der Waals surface area contributed by atoms with Crippen molar-refractivity contribution in [3.8, 4) is 0 Å². The van der Waals surface area contributed by atoms with Crippen LogP contribution in [-0.4, -0.2) is 16.0 Å². The average molecular weight is 410 g/mol. The molecule has 2 heterocycles. The summed E-state index contributed by atoms with van der Waals surface area (Å²) in [5, 5.41) is 9.25. The number of hydrogen-bond donors (Lipinski definition) is 1. The van der Waals surface area contributed by atoms with Crippen molar-refractivity contribution in [2.45, 2.75) is 64.3 Å². The van der Waals surface area contributed by atoms with Crippen LogP contribution in [0.2, 0.25) is 0 Å². The van der Waals surface area contributed by atoms with Crippen LogP contribution >= 0.6 is 11.3 Å². The van der Waals surface area contributed by atoms with Crippen LogP contribution < -0.4 is 5.32 Å². The van der Waals surface area contributed by atoms with Crippen LogP contribution in [0.15, 0.2) is 40.2 Å². The van der Waals surface area contributed by atoms with Crippen LogP contribution in [0, 0.1) is 0 Å². The molecule has 0 spiro atoms. The summed E-state index contributed by atoms with van der Waals surface area (Å²) in [7, 11) is 0. The highest BCUT2D eigenvalue weighted by atomic mass is 32.1. The highest BCUT2D eigenvalue weighted by Gasteiger charge is 2.20. The maximum absolute atomic E-state index is 12.7. The molecular weight excluding hydrogens is 382 g/mol. The SMILES string of the molecule is CC(C)c1noc(CCC(=O)NC(c2ccc3c(c2)CCCC3)c2cccs2)n1. The van der Waals surface area contributed by atoms with E-state index < -0.39 is 0 Å². The third kappa shape index (κ3) is 4.75. The number of thiophene rings is 1. The summed E-state index contributed by atoms with van der Waals surface area (Å²) in [6, 6.07) is 10.7. The molecule has 0 bridgehead atoms. The molecule has 0 radical (unpaired) electrons. The van der Waals surface area contributed by atoms with Gasteiger partial charge in [-0.05, 0) is 53.8 Å². The molecule has 29 heavy (non-hydrogen) atoms. The minimum atomic E-state index is -0.122. The largest absolute Gasteiger partial charge is 0.344 e. The van der Waals surface area contributed by atoms with Gasteiger partial charge in [-0.3, -0.25) is 4.79 Å². The number of nitrogens with one attached hydrogen (secondary N) is 1. The first-order chi connectivity index (χ1) is 14.1. The lowest BCUT2D eigenvalue weighted by molar-refractivity contribution is -0.121. The van der Waals surface area contributed by atoms with E-state index in [4.69, 9.17) is 4.52 Å². The smallest absolute Gasteiger partial charge is 0.227 e. The monoisotopic (exact) mass is 409 g/mol. The van der Waals surface area contributed by atoms with Gasteiger partial charge in [-0.15, -0.1) is 11.3 Å². The number of hydrogen-bond acceptors (Lipinski definition) is 5. The molecule has 0 saturated heterocycles. The molecule has 0 fully saturated rings. The Labute approximate surface area is 175 Å². The van der Waals surface area contributed by atoms with E-state index in [2.05, 4.69) is 45.1 Å². The standard InChI is InChI=1S/C23H27N3O2S/c1-15(2)23-25-21(28-26-23)12-11-20(27)24-22(19-8-5-13-29-19)18-10-9-16-6-3-4-7-17(16)14-18/h5,8-10,13-15,22H,3-4,6-7,11-12H2,1-2H3,(H,24,27). The second kappa shape index (κ2) is 8.91. The Hall–Kier alpha value is -2.47. The number of aromatic nitrogens is 2. The molecular formula is C23H27N3O2S. The predicted octanol–water partition coefficient (Wildman–Crippen LogP) is 4.97. The van der Waals surface area contributed by atoms with Gasteiger partial charge in [-0.2, -0.15) is 4.98 Å². The topological polar surface area (TPSA) is 68.0 Å². The molecule has 0 aliphatic heterocycles. The lowest BCUT2D eigenvalue weighted by Crippen LogP contribution is -2.29. The van der Waals surface area contributed by atoms with Gasteiger partial charge in [-0.25, -0.2) is 0 Å². The maximum atomic E-state index is 12.7. The number of carbonyl (C=O) groups is 1. The van der Waals surface area contributed by atoms with Gasteiger partial charge >= 0.3 is 0 Å². The average Bonchev–Trinajstić information content (AvgIpc) is 3.42. The summed E-state index contributed by atoms with van der Waals surface area (Å²) in [5.74, 6) is 1.41. The van der Waals surface area contributed by atoms with Gasteiger partial charge < -0.3 is 9.84 Å². The van der Waals surface area contributed by atoms with Crippen molar-refractivity contribution in [2.24, 2.45) is 0 Å². The molecule has 4 rings (SSSR count). The second-order valence-electron chi connectivity index (χ2n) is 7.95. The Morgan fingerprint density at radius 3 is 2.76 bits per heavy atom. The number of nitrogens with zero attached hydrogens (tertiary/aromatic N) is 2. The van der Waals surface area contributed by atoms with Crippen LogP contribution in [0.5, 0.6) is 0 Å².